The van der Waals surface area contributed by atoms with E-state index in [4.69, 9.17) is 11.6 Å². The van der Waals surface area contributed by atoms with Crippen molar-refractivity contribution in [2.45, 2.75) is 20.8 Å². The molecule has 0 bridgehead atoms. The molecule has 0 N–H and O–H groups in total. The van der Waals surface area contributed by atoms with Crippen LogP contribution < -0.4 is 0 Å². The summed E-state index contributed by atoms with van der Waals surface area (Å²) in [4.78, 5) is 0. The van der Waals surface area contributed by atoms with Gasteiger partial charge >= 0.3 is 0 Å². The fraction of sp³-hybridized carbons (Fsp3) is 0.136. The molecule has 0 unspecified atom stereocenters. The molecule has 0 aliphatic rings. The first-order valence-electron chi connectivity index (χ1n) is 8.24. The minimum atomic E-state index is -0.403. The molecular weight excluding hydrogens is 347 g/mol. The number of hydrogen-bond acceptors (Lipinski definition) is 1. The minimum absolute atomic E-state index is 0.297. The number of nitrogens with zero attached hydrogens (tertiary/aromatic N) is 2. The van der Waals surface area contributed by atoms with Gasteiger partial charge in [0.1, 0.15) is 5.82 Å². The van der Waals surface area contributed by atoms with Crippen LogP contribution in [0.2, 0.25) is 5.02 Å². The average Bonchev–Trinajstić information content (AvgIpc) is 2.89. The third-order valence-electron chi connectivity index (χ3n) is 4.47. The van der Waals surface area contributed by atoms with Gasteiger partial charge in [0.25, 0.3) is 0 Å². The summed E-state index contributed by atoms with van der Waals surface area (Å²) in [6, 6.07) is 16.2. The second-order valence-corrected chi connectivity index (χ2v) is 6.68. The van der Waals surface area contributed by atoms with Crippen LogP contribution in [0.5, 0.6) is 0 Å². The fourth-order valence-corrected chi connectivity index (χ4v) is 3.30. The Morgan fingerprint density at radius 3 is 2.54 bits per heavy atom. The van der Waals surface area contributed by atoms with E-state index >= 15 is 0 Å². The zero-order valence-corrected chi connectivity index (χ0v) is 15.6. The largest absolute Gasteiger partial charge is 0.318 e. The van der Waals surface area contributed by atoms with Gasteiger partial charge in [0.2, 0.25) is 0 Å². The highest BCUT2D eigenvalue weighted by Crippen LogP contribution is 2.28. The predicted molar refractivity (Wildman–Crippen MR) is 105 cm³/mol. The maximum atomic E-state index is 14.1. The standard InChI is InChI=1S/C22H18ClFN2/c1-14-8-9-19(23)12-22(14)26-15(2)10-17(16(26)3)11-18(13-25)20-6-4-5-7-21(20)24/h4-12H,1-3H3. The number of halogens is 2. The smallest absolute Gasteiger partial charge is 0.131 e. The normalized spacial score (nSPS) is 11.5. The van der Waals surface area contributed by atoms with E-state index in [-0.39, 0.29) is 0 Å². The van der Waals surface area contributed by atoms with Gasteiger partial charge in [-0.25, -0.2) is 4.39 Å². The van der Waals surface area contributed by atoms with E-state index in [9.17, 15) is 9.65 Å². The zero-order valence-electron chi connectivity index (χ0n) is 14.8. The van der Waals surface area contributed by atoms with Crippen molar-refractivity contribution in [2.75, 3.05) is 0 Å². The number of hydrogen-bond donors (Lipinski definition) is 0. The average molecular weight is 365 g/mol. The lowest BCUT2D eigenvalue weighted by atomic mass is 10.0. The van der Waals surface area contributed by atoms with Crippen LogP contribution in [0.25, 0.3) is 17.3 Å². The first-order chi connectivity index (χ1) is 12.4. The highest BCUT2D eigenvalue weighted by Gasteiger charge is 2.14. The summed E-state index contributed by atoms with van der Waals surface area (Å²) in [5.74, 6) is -0.403. The molecule has 1 aromatic heterocycles. The number of nitriles is 1. The SMILES string of the molecule is Cc1ccc(Cl)cc1-n1c(C)cc(C=C(C#N)c2ccccc2F)c1C. The third-order valence-corrected chi connectivity index (χ3v) is 4.70. The van der Waals surface area contributed by atoms with Gasteiger partial charge in [-0.15, -0.1) is 0 Å². The number of benzene rings is 2. The molecule has 0 saturated carbocycles. The van der Waals surface area contributed by atoms with Gasteiger partial charge in [-0.3, -0.25) is 0 Å². The first kappa shape index (κ1) is 18.0. The molecular formula is C22H18ClFN2. The highest BCUT2D eigenvalue weighted by atomic mass is 35.5. The summed E-state index contributed by atoms with van der Waals surface area (Å²) in [6.45, 7) is 6.01. The van der Waals surface area contributed by atoms with E-state index in [2.05, 4.69) is 10.6 Å². The molecule has 3 aromatic rings. The van der Waals surface area contributed by atoms with Gasteiger partial charge < -0.3 is 4.57 Å². The number of aromatic nitrogens is 1. The summed E-state index contributed by atoms with van der Waals surface area (Å²) >= 11 is 6.17. The predicted octanol–water partition coefficient (Wildman–Crippen LogP) is 6.26. The van der Waals surface area contributed by atoms with Crippen LogP contribution in [0.3, 0.4) is 0 Å². The van der Waals surface area contributed by atoms with E-state index in [1.165, 1.54) is 6.07 Å². The molecule has 3 rings (SSSR count). The van der Waals surface area contributed by atoms with Crippen LogP contribution >= 0.6 is 11.6 Å². The molecule has 0 radical (unpaired) electrons. The molecule has 0 spiro atoms. The highest BCUT2D eigenvalue weighted by molar-refractivity contribution is 6.30. The molecule has 130 valence electrons. The minimum Gasteiger partial charge on any atom is -0.318 e. The molecule has 1 heterocycles. The van der Waals surface area contributed by atoms with Gasteiger partial charge in [0.05, 0.1) is 11.6 Å². The molecule has 0 fully saturated rings. The molecule has 0 atom stereocenters. The monoisotopic (exact) mass is 364 g/mol. The topological polar surface area (TPSA) is 28.7 Å². The molecule has 0 amide bonds. The molecule has 0 aliphatic carbocycles. The number of allylic oxidation sites excluding steroid dienone is 1. The maximum absolute atomic E-state index is 14.1. The van der Waals surface area contributed by atoms with Gasteiger partial charge in [-0.2, -0.15) is 5.26 Å². The van der Waals surface area contributed by atoms with Crippen LogP contribution in [0.1, 0.15) is 28.1 Å². The van der Waals surface area contributed by atoms with Crippen LogP contribution in [0.15, 0.2) is 48.5 Å². The maximum Gasteiger partial charge on any atom is 0.131 e. The lowest BCUT2D eigenvalue weighted by molar-refractivity contribution is 0.624. The van der Waals surface area contributed by atoms with Crippen molar-refractivity contribution in [3.05, 3.63) is 87.4 Å². The number of aryl methyl sites for hydroxylation is 2. The van der Waals surface area contributed by atoms with Crippen molar-refractivity contribution < 1.29 is 4.39 Å². The summed E-state index contributed by atoms with van der Waals surface area (Å²) in [5, 5.41) is 10.2. The van der Waals surface area contributed by atoms with E-state index in [0.717, 1.165) is 28.2 Å². The summed E-state index contributed by atoms with van der Waals surface area (Å²) in [6.07, 6.45) is 1.73. The van der Waals surface area contributed by atoms with Crippen molar-refractivity contribution in [1.29, 1.82) is 5.26 Å². The van der Waals surface area contributed by atoms with Gasteiger partial charge in [0, 0.05) is 27.7 Å². The zero-order chi connectivity index (χ0) is 18.8. The van der Waals surface area contributed by atoms with Gasteiger partial charge in [-0.1, -0.05) is 35.9 Å². The molecule has 2 nitrogen and oxygen atoms in total. The Kier molecular flexibility index (Phi) is 4.97. The molecule has 0 saturated heterocycles. The van der Waals surface area contributed by atoms with Crippen molar-refractivity contribution in [3.63, 3.8) is 0 Å². The lowest BCUT2D eigenvalue weighted by Crippen LogP contribution is -2.01. The van der Waals surface area contributed by atoms with E-state index in [1.54, 1.807) is 24.3 Å². The Morgan fingerprint density at radius 1 is 1.12 bits per heavy atom. The van der Waals surface area contributed by atoms with Crippen molar-refractivity contribution in [1.82, 2.24) is 4.57 Å². The van der Waals surface area contributed by atoms with E-state index in [1.807, 2.05) is 45.0 Å². The fourth-order valence-electron chi connectivity index (χ4n) is 3.13. The Balaban J connectivity index is 2.15. The van der Waals surface area contributed by atoms with Crippen molar-refractivity contribution in [2.24, 2.45) is 0 Å². The quantitative estimate of drug-likeness (QED) is 0.504. The summed E-state index contributed by atoms with van der Waals surface area (Å²) in [5.41, 5.74) is 5.56. The lowest BCUT2D eigenvalue weighted by Gasteiger charge is -2.13. The Morgan fingerprint density at radius 2 is 1.85 bits per heavy atom. The van der Waals surface area contributed by atoms with Crippen LogP contribution in [-0.4, -0.2) is 4.57 Å². The Bertz CT molecular complexity index is 1050. The van der Waals surface area contributed by atoms with E-state index < -0.39 is 5.82 Å². The van der Waals surface area contributed by atoms with Crippen LogP contribution in [0.4, 0.5) is 4.39 Å². The molecule has 26 heavy (non-hydrogen) atoms. The summed E-state index contributed by atoms with van der Waals surface area (Å²) < 4.78 is 16.2. The molecule has 2 aromatic carbocycles. The van der Waals surface area contributed by atoms with Crippen molar-refractivity contribution in [3.8, 4) is 11.8 Å². The van der Waals surface area contributed by atoms with Gasteiger partial charge in [0.15, 0.2) is 0 Å². The Labute approximate surface area is 157 Å². The molecule has 0 aliphatic heterocycles. The molecule has 4 heteroatoms. The third kappa shape index (κ3) is 3.29. The number of rotatable bonds is 3. The second kappa shape index (κ2) is 7.19. The van der Waals surface area contributed by atoms with Crippen molar-refractivity contribution >= 4 is 23.3 Å². The Hall–Kier alpha value is -2.83. The summed E-state index contributed by atoms with van der Waals surface area (Å²) in [7, 11) is 0. The van der Waals surface area contributed by atoms with Crippen LogP contribution in [-0.2, 0) is 0 Å². The second-order valence-electron chi connectivity index (χ2n) is 6.24. The van der Waals surface area contributed by atoms with Gasteiger partial charge in [-0.05, 0) is 62.2 Å². The van der Waals surface area contributed by atoms with E-state index in [0.29, 0.717) is 16.2 Å². The van der Waals surface area contributed by atoms with Crippen LogP contribution in [0, 0.1) is 37.9 Å². The first-order valence-corrected chi connectivity index (χ1v) is 8.62.